The molecule has 0 aliphatic carbocycles. The van der Waals surface area contributed by atoms with Crippen LogP contribution in [-0.2, 0) is 24.3 Å². The first-order valence-corrected chi connectivity index (χ1v) is 8.64. The Balaban J connectivity index is 1.57. The molecule has 0 spiro atoms. The van der Waals surface area contributed by atoms with Crippen LogP contribution in [0.4, 0.5) is 0 Å². The van der Waals surface area contributed by atoms with Gasteiger partial charge in [-0.05, 0) is 36.6 Å². The topological polar surface area (TPSA) is 59.8 Å². The highest BCUT2D eigenvalue weighted by Gasteiger charge is 2.14. The number of rotatable bonds is 4. The number of benzene rings is 1. The largest absolute Gasteiger partial charge is 0.345 e. The molecule has 0 atom stereocenters. The summed E-state index contributed by atoms with van der Waals surface area (Å²) in [5, 5.41) is 11.3. The molecule has 1 aliphatic heterocycles. The monoisotopic (exact) mass is 374 g/mol. The van der Waals surface area contributed by atoms with E-state index >= 15 is 0 Å². The van der Waals surface area contributed by atoms with Crippen molar-refractivity contribution in [3.63, 3.8) is 0 Å². The second-order valence-corrected chi connectivity index (χ2v) is 6.51. The molecule has 2 heterocycles. The number of amides is 1. The molecule has 1 N–H and O–H groups in total. The van der Waals surface area contributed by atoms with Crippen LogP contribution in [0, 0.1) is 0 Å². The highest BCUT2D eigenvalue weighted by atomic mass is 79.9. The van der Waals surface area contributed by atoms with E-state index in [-0.39, 0.29) is 5.91 Å². The molecule has 1 aromatic heterocycles. The van der Waals surface area contributed by atoms with E-state index in [4.69, 9.17) is 0 Å². The van der Waals surface area contributed by atoms with Crippen molar-refractivity contribution >= 4 is 27.9 Å². The number of aryl methyl sites for hydroxylation is 1. The van der Waals surface area contributed by atoms with E-state index in [2.05, 4.69) is 36.0 Å². The predicted molar refractivity (Wildman–Crippen MR) is 92.6 cm³/mol. The maximum Gasteiger partial charge on any atom is 0.244 e. The van der Waals surface area contributed by atoms with Crippen LogP contribution in [0.3, 0.4) is 0 Å². The highest BCUT2D eigenvalue weighted by Crippen LogP contribution is 2.14. The van der Waals surface area contributed by atoms with E-state index in [0.717, 1.165) is 41.1 Å². The van der Waals surface area contributed by atoms with Crippen molar-refractivity contribution in [2.45, 2.75) is 38.8 Å². The normalized spacial score (nSPS) is 14.5. The summed E-state index contributed by atoms with van der Waals surface area (Å²) in [6.45, 7) is 1.36. The van der Waals surface area contributed by atoms with Crippen LogP contribution in [0.25, 0.3) is 6.08 Å². The highest BCUT2D eigenvalue weighted by molar-refractivity contribution is 9.10. The smallest absolute Gasteiger partial charge is 0.244 e. The molecule has 3 rings (SSSR count). The van der Waals surface area contributed by atoms with E-state index in [1.807, 2.05) is 24.3 Å². The Hall–Kier alpha value is -1.95. The minimum Gasteiger partial charge on any atom is -0.345 e. The van der Waals surface area contributed by atoms with Gasteiger partial charge in [0, 0.05) is 23.5 Å². The second-order valence-electron chi connectivity index (χ2n) is 5.60. The number of carbonyl (C=O) groups is 1. The summed E-state index contributed by atoms with van der Waals surface area (Å²) in [5.74, 6) is 1.75. The van der Waals surface area contributed by atoms with Crippen LogP contribution >= 0.6 is 15.9 Å². The van der Waals surface area contributed by atoms with Crippen LogP contribution in [0.1, 0.15) is 36.5 Å². The molecule has 6 heteroatoms. The van der Waals surface area contributed by atoms with E-state index in [1.54, 1.807) is 12.2 Å². The molecular weight excluding hydrogens is 356 g/mol. The maximum absolute atomic E-state index is 11.9. The average Bonchev–Trinajstić information content (AvgIpc) is 2.79. The third kappa shape index (κ3) is 4.28. The third-order valence-corrected chi connectivity index (χ3v) is 4.43. The number of carbonyl (C=O) groups excluding carboxylic acids is 1. The Morgan fingerprint density at radius 2 is 2.04 bits per heavy atom. The van der Waals surface area contributed by atoms with Crippen molar-refractivity contribution in [3.05, 3.63) is 52.0 Å². The quantitative estimate of drug-likeness (QED) is 0.836. The fraction of sp³-hybridized carbons (Fsp3) is 0.353. The number of hydrogen-bond acceptors (Lipinski definition) is 3. The molecule has 0 saturated heterocycles. The lowest BCUT2D eigenvalue weighted by Gasteiger charge is -2.07. The van der Waals surface area contributed by atoms with Crippen LogP contribution in [0.15, 0.2) is 34.8 Å². The van der Waals surface area contributed by atoms with Crippen molar-refractivity contribution in [1.29, 1.82) is 0 Å². The molecule has 0 saturated carbocycles. The molecule has 120 valence electrons. The van der Waals surface area contributed by atoms with Gasteiger partial charge in [-0.2, -0.15) is 0 Å². The van der Waals surface area contributed by atoms with Gasteiger partial charge in [-0.3, -0.25) is 4.79 Å². The Morgan fingerprint density at radius 3 is 2.87 bits per heavy atom. The predicted octanol–water partition coefficient (Wildman–Crippen LogP) is 3.10. The number of nitrogens with one attached hydrogen (secondary N) is 1. The van der Waals surface area contributed by atoms with Gasteiger partial charge in [0.1, 0.15) is 5.82 Å². The first kappa shape index (κ1) is 15.9. The molecule has 1 aliphatic rings. The molecule has 0 unspecified atom stereocenters. The number of hydrogen-bond donors (Lipinski definition) is 1. The van der Waals surface area contributed by atoms with Gasteiger partial charge < -0.3 is 9.88 Å². The molecule has 1 aromatic carbocycles. The Bertz CT molecular complexity index is 706. The van der Waals surface area contributed by atoms with E-state index in [9.17, 15) is 4.79 Å². The summed E-state index contributed by atoms with van der Waals surface area (Å²) < 4.78 is 3.16. The summed E-state index contributed by atoms with van der Waals surface area (Å²) in [5.41, 5.74) is 0.986. The Morgan fingerprint density at radius 1 is 1.22 bits per heavy atom. The molecule has 1 amide bonds. The summed E-state index contributed by atoms with van der Waals surface area (Å²) >= 11 is 3.39. The summed E-state index contributed by atoms with van der Waals surface area (Å²) in [6.07, 6.45) is 7.86. The van der Waals surface area contributed by atoms with Crippen LogP contribution in [0.2, 0.25) is 0 Å². The van der Waals surface area contributed by atoms with Gasteiger partial charge in [0.2, 0.25) is 5.91 Å². The molecule has 5 nitrogen and oxygen atoms in total. The van der Waals surface area contributed by atoms with Crippen molar-refractivity contribution in [1.82, 2.24) is 20.1 Å². The van der Waals surface area contributed by atoms with Crippen LogP contribution < -0.4 is 5.32 Å². The van der Waals surface area contributed by atoms with Crippen molar-refractivity contribution in [3.8, 4) is 0 Å². The zero-order valence-electron chi connectivity index (χ0n) is 12.8. The van der Waals surface area contributed by atoms with Gasteiger partial charge >= 0.3 is 0 Å². The minimum atomic E-state index is -0.126. The zero-order chi connectivity index (χ0) is 16.1. The fourth-order valence-electron chi connectivity index (χ4n) is 2.65. The standard InChI is InChI=1S/C17H19BrN4O/c18-14-8-5-13(6-9-14)7-10-17(23)19-12-16-21-20-15-4-2-1-3-11-22(15)16/h5-10H,1-4,11-12H2,(H,19,23). The summed E-state index contributed by atoms with van der Waals surface area (Å²) in [7, 11) is 0. The number of fused-ring (bicyclic) bond motifs is 1. The van der Waals surface area contributed by atoms with Gasteiger partial charge in [-0.25, -0.2) is 0 Å². The zero-order valence-corrected chi connectivity index (χ0v) is 14.4. The number of halogens is 1. The van der Waals surface area contributed by atoms with Gasteiger partial charge in [-0.15, -0.1) is 10.2 Å². The Labute approximate surface area is 143 Å². The minimum absolute atomic E-state index is 0.126. The molecule has 2 aromatic rings. The van der Waals surface area contributed by atoms with Gasteiger partial charge in [-0.1, -0.05) is 34.5 Å². The lowest BCUT2D eigenvalue weighted by molar-refractivity contribution is -0.116. The lowest BCUT2D eigenvalue weighted by Crippen LogP contribution is -2.23. The molecular formula is C17H19BrN4O. The molecule has 0 bridgehead atoms. The van der Waals surface area contributed by atoms with Crippen molar-refractivity contribution in [2.75, 3.05) is 0 Å². The van der Waals surface area contributed by atoms with E-state index in [0.29, 0.717) is 6.54 Å². The first-order chi connectivity index (χ1) is 11.2. The van der Waals surface area contributed by atoms with Gasteiger partial charge in [0.15, 0.2) is 5.82 Å². The molecule has 0 fully saturated rings. The second kappa shape index (κ2) is 7.55. The van der Waals surface area contributed by atoms with Gasteiger partial charge in [0.25, 0.3) is 0 Å². The van der Waals surface area contributed by atoms with Crippen molar-refractivity contribution < 1.29 is 4.79 Å². The molecule has 23 heavy (non-hydrogen) atoms. The third-order valence-electron chi connectivity index (χ3n) is 3.90. The maximum atomic E-state index is 11.9. The van der Waals surface area contributed by atoms with Gasteiger partial charge in [0.05, 0.1) is 6.54 Å². The van der Waals surface area contributed by atoms with E-state index in [1.165, 1.54) is 12.8 Å². The number of aromatic nitrogens is 3. The molecule has 0 radical (unpaired) electrons. The summed E-state index contributed by atoms with van der Waals surface area (Å²) in [6, 6.07) is 7.80. The lowest BCUT2D eigenvalue weighted by atomic mass is 10.2. The summed E-state index contributed by atoms with van der Waals surface area (Å²) in [4.78, 5) is 11.9. The van der Waals surface area contributed by atoms with Crippen LogP contribution in [0.5, 0.6) is 0 Å². The van der Waals surface area contributed by atoms with E-state index < -0.39 is 0 Å². The van der Waals surface area contributed by atoms with Crippen LogP contribution in [-0.4, -0.2) is 20.7 Å². The SMILES string of the molecule is O=C(C=Cc1ccc(Br)cc1)NCc1nnc2n1CCCCC2. The average molecular weight is 375 g/mol. The van der Waals surface area contributed by atoms with Crippen molar-refractivity contribution in [2.24, 2.45) is 0 Å². The Kier molecular flexibility index (Phi) is 5.23. The fourth-order valence-corrected chi connectivity index (χ4v) is 2.91. The first-order valence-electron chi connectivity index (χ1n) is 7.85. The number of nitrogens with zero attached hydrogens (tertiary/aromatic N) is 3.